The van der Waals surface area contributed by atoms with Crippen LogP contribution in [0.4, 0.5) is 0 Å². The topological polar surface area (TPSA) is 83.5 Å². The van der Waals surface area contributed by atoms with Crippen LogP contribution in [0.2, 0.25) is 0 Å². The Balaban J connectivity index is 2.90. The van der Waals surface area contributed by atoms with Gasteiger partial charge in [0.05, 0.1) is 0 Å². The van der Waals surface area contributed by atoms with Crippen LogP contribution in [0.3, 0.4) is 0 Å². The largest absolute Gasteiger partial charge is 0.481 e. The van der Waals surface area contributed by atoms with Crippen LogP contribution in [-0.4, -0.2) is 25.0 Å². The van der Waals surface area contributed by atoms with Crippen LogP contribution in [0.15, 0.2) is 14.7 Å². The van der Waals surface area contributed by atoms with E-state index in [4.69, 9.17) is 5.11 Å². The molecule has 0 spiro atoms. The van der Waals surface area contributed by atoms with Crippen LogP contribution in [0.25, 0.3) is 0 Å². The number of rotatable bonds is 6. The molecule has 19 heavy (non-hydrogen) atoms. The summed E-state index contributed by atoms with van der Waals surface area (Å²) in [5, 5.41) is 8.66. The molecule has 1 aromatic heterocycles. The standard InChI is InChI=1S/C11H16BrNO4S2/c1-7-6-8(12)10(18-7)19(16,17)13-11(2,3)5-4-9(14)15/h6,13H,4-5H2,1-3H3,(H,14,15). The molecule has 1 aromatic rings. The maximum absolute atomic E-state index is 12.2. The molecule has 5 nitrogen and oxygen atoms in total. The summed E-state index contributed by atoms with van der Waals surface area (Å²) in [4.78, 5) is 11.4. The van der Waals surface area contributed by atoms with Gasteiger partial charge in [-0.2, -0.15) is 0 Å². The zero-order chi connectivity index (χ0) is 14.8. The lowest BCUT2D eigenvalue weighted by Crippen LogP contribution is -2.43. The molecular formula is C11H16BrNO4S2. The van der Waals surface area contributed by atoms with E-state index >= 15 is 0 Å². The minimum Gasteiger partial charge on any atom is -0.481 e. The monoisotopic (exact) mass is 369 g/mol. The number of carboxylic acid groups (broad SMARTS) is 1. The number of thiophene rings is 1. The summed E-state index contributed by atoms with van der Waals surface area (Å²) in [7, 11) is -3.65. The van der Waals surface area contributed by atoms with Gasteiger partial charge in [-0.25, -0.2) is 13.1 Å². The highest BCUT2D eigenvalue weighted by atomic mass is 79.9. The highest BCUT2D eigenvalue weighted by Crippen LogP contribution is 2.32. The number of sulfonamides is 1. The molecule has 108 valence electrons. The summed E-state index contributed by atoms with van der Waals surface area (Å²) >= 11 is 4.39. The lowest BCUT2D eigenvalue weighted by atomic mass is 10.0. The quantitative estimate of drug-likeness (QED) is 0.807. The molecule has 0 unspecified atom stereocenters. The first-order chi connectivity index (χ1) is 8.53. The van der Waals surface area contributed by atoms with E-state index in [0.29, 0.717) is 4.47 Å². The number of aliphatic carboxylic acids is 1. The third kappa shape index (κ3) is 4.87. The lowest BCUT2D eigenvalue weighted by molar-refractivity contribution is -0.137. The van der Waals surface area contributed by atoms with Crippen LogP contribution in [0, 0.1) is 6.92 Å². The van der Waals surface area contributed by atoms with Gasteiger partial charge in [0.15, 0.2) is 0 Å². The first kappa shape index (κ1) is 16.6. The van der Waals surface area contributed by atoms with E-state index in [2.05, 4.69) is 20.7 Å². The van der Waals surface area contributed by atoms with Crippen molar-refractivity contribution in [3.05, 3.63) is 15.4 Å². The molecule has 0 radical (unpaired) electrons. The van der Waals surface area contributed by atoms with Gasteiger partial charge in [0.2, 0.25) is 0 Å². The van der Waals surface area contributed by atoms with Crippen molar-refractivity contribution in [3.8, 4) is 0 Å². The minimum atomic E-state index is -3.65. The smallest absolute Gasteiger partial charge is 0.303 e. The number of nitrogens with one attached hydrogen (secondary N) is 1. The average molecular weight is 370 g/mol. The summed E-state index contributed by atoms with van der Waals surface area (Å²) < 4.78 is 27.8. The van der Waals surface area contributed by atoms with Crippen molar-refractivity contribution < 1.29 is 18.3 Å². The van der Waals surface area contributed by atoms with Crippen molar-refractivity contribution in [1.29, 1.82) is 0 Å². The fourth-order valence-electron chi connectivity index (χ4n) is 1.53. The number of carboxylic acids is 1. The normalized spacial score (nSPS) is 12.6. The van der Waals surface area contributed by atoms with Gasteiger partial charge in [0.1, 0.15) is 4.21 Å². The highest BCUT2D eigenvalue weighted by molar-refractivity contribution is 9.10. The number of aryl methyl sites for hydroxylation is 1. The SMILES string of the molecule is Cc1cc(Br)c(S(=O)(=O)NC(C)(C)CCC(=O)O)s1. The fraction of sp³-hybridized carbons (Fsp3) is 0.545. The molecule has 8 heteroatoms. The van der Waals surface area contributed by atoms with Crippen LogP contribution < -0.4 is 4.72 Å². The first-order valence-corrected chi connectivity index (χ1v) is 8.64. The number of hydrogen-bond acceptors (Lipinski definition) is 4. The van der Waals surface area contributed by atoms with Crippen molar-refractivity contribution in [2.24, 2.45) is 0 Å². The maximum atomic E-state index is 12.2. The molecule has 0 aromatic carbocycles. The van der Waals surface area contributed by atoms with Crippen LogP contribution in [0.5, 0.6) is 0 Å². The summed E-state index contributed by atoms with van der Waals surface area (Å²) in [6, 6.07) is 1.74. The van der Waals surface area contributed by atoms with E-state index in [1.54, 1.807) is 19.9 Å². The van der Waals surface area contributed by atoms with Gasteiger partial charge < -0.3 is 5.11 Å². The third-order valence-electron chi connectivity index (χ3n) is 2.40. The Labute approximate surface area is 125 Å². The van der Waals surface area contributed by atoms with Gasteiger partial charge in [-0.15, -0.1) is 11.3 Å². The van der Waals surface area contributed by atoms with E-state index in [1.165, 1.54) is 11.3 Å². The molecule has 0 aliphatic carbocycles. The fourth-order valence-corrected chi connectivity index (χ4v) is 5.72. The van der Waals surface area contributed by atoms with Crippen molar-refractivity contribution in [3.63, 3.8) is 0 Å². The van der Waals surface area contributed by atoms with E-state index in [-0.39, 0.29) is 17.1 Å². The van der Waals surface area contributed by atoms with Gasteiger partial charge >= 0.3 is 5.97 Å². The Hall–Kier alpha value is -0.440. The van der Waals surface area contributed by atoms with Crippen molar-refractivity contribution >= 4 is 43.3 Å². The summed E-state index contributed by atoms with van der Waals surface area (Å²) in [6.07, 6.45) is 0.143. The molecular weight excluding hydrogens is 354 g/mol. The van der Waals surface area contributed by atoms with Gasteiger partial charge in [0, 0.05) is 21.3 Å². The van der Waals surface area contributed by atoms with E-state index in [0.717, 1.165) is 4.88 Å². The molecule has 0 fully saturated rings. The van der Waals surface area contributed by atoms with Crippen LogP contribution in [0.1, 0.15) is 31.6 Å². The zero-order valence-corrected chi connectivity index (χ0v) is 14.1. The Morgan fingerprint density at radius 3 is 2.53 bits per heavy atom. The highest BCUT2D eigenvalue weighted by Gasteiger charge is 2.29. The second-order valence-electron chi connectivity index (χ2n) is 4.88. The third-order valence-corrected chi connectivity index (χ3v) is 6.83. The van der Waals surface area contributed by atoms with Gasteiger partial charge in [-0.05, 0) is 49.2 Å². The van der Waals surface area contributed by atoms with Gasteiger partial charge in [-0.3, -0.25) is 4.79 Å². The molecule has 0 amide bonds. The van der Waals surface area contributed by atoms with Crippen LogP contribution in [-0.2, 0) is 14.8 Å². The molecule has 2 N–H and O–H groups in total. The number of hydrogen-bond donors (Lipinski definition) is 2. The lowest BCUT2D eigenvalue weighted by Gasteiger charge is -2.24. The zero-order valence-electron chi connectivity index (χ0n) is 10.9. The molecule has 0 bridgehead atoms. The number of carbonyl (C=O) groups is 1. The van der Waals surface area contributed by atoms with E-state index in [1.807, 2.05) is 6.92 Å². The summed E-state index contributed by atoms with van der Waals surface area (Å²) in [5.41, 5.74) is -0.811. The Morgan fingerprint density at radius 1 is 1.53 bits per heavy atom. The molecule has 0 aliphatic rings. The van der Waals surface area contributed by atoms with Crippen molar-refractivity contribution in [2.75, 3.05) is 0 Å². The van der Waals surface area contributed by atoms with E-state index < -0.39 is 21.5 Å². The molecule has 1 heterocycles. The molecule has 0 saturated heterocycles. The van der Waals surface area contributed by atoms with Crippen molar-refractivity contribution in [2.45, 2.75) is 43.4 Å². The van der Waals surface area contributed by atoms with E-state index in [9.17, 15) is 13.2 Å². The molecule has 0 saturated carbocycles. The Morgan fingerprint density at radius 2 is 2.11 bits per heavy atom. The predicted octanol–water partition coefficient (Wildman–Crippen LogP) is 2.74. The van der Waals surface area contributed by atoms with Gasteiger partial charge in [0.25, 0.3) is 10.0 Å². The first-order valence-electron chi connectivity index (χ1n) is 5.55. The minimum absolute atomic E-state index is 0.0832. The number of halogens is 1. The van der Waals surface area contributed by atoms with Crippen LogP contribution >= 0.6 is 27.3 Å². The Kier molecular flexibility index (Phi) is 5.16. The van der Waals surface area contributed by atoms with Gasteiger partial charge in [-0.1, -0.05) is 0 Å². The second-order valence-corrected chi connectivity index (χ2v) is 8.86. The Bertz CT molecular complexity index is 578. The molecule has 1 rings (SSSR count). The predicted molar refractivity (Wildman–Crippen MR) is 78.0 cm³/mol. The second kappa shape index (κ2) is 5.90. The average Bonchev–Trinajstić information content (AvgIpc) is 2.54. The summed E-state index contributed by atoms with van der Waals surface area (Å²) in [6.45, 7) is 5.16. The molecule has 0 atom stereocenters. The maximum Gasteiger partial charge on any atom is 0.303 e. The molecule has 0 aliphatic heterocycles. The van der Waals surface area contributed by atoms with Crippen molar-refractivity contribution in [1.82, 2.24) is 4.72 Å². The summed E-state index contributed by atoms with van der Waals surface area (Å²) in [5.74, 6) is -0.944.